The highest BCUT2D eigenvalue weighted by Crippen LogP contribution is 2.46. The second-order valence-electron chi connectivity index (χ2n) is 8.85. The number of fused-ring (bicyclic) bond motifs is 1. The van der Waals surface area contributed by atoms with Crippen LogP contribution in [0.4, 0.5) is 5.69 Å². The maximum atomic E-state index is 13.3. The van der Waals surface area contributed by atoms with Crippen molar-refractivity contribution in [2.75, 3.05) is 6.54 Å². The molecule has 2 heterocycles. The van der Waals surface area contributed by atoms with Crippen molar-refractivity contribution in [2.45, 2.75) is 54.2 Å². The predicted octanol–water partition coefficient (Wildman–Crippen LogP) is 3.84. The third-order valence-electron chi connectivity index (χ3n) is 6.12. The predicted molar refractivity (Wildman–Crippen MR) is 127 cm³/mol. The quantitative estimate of drug-likeness (QED) is 0.231. The van der Waals surface area contributed by atoms with E-state index in [1.807, 2.05) is 13.8 Å². The van der Waals surface area contributed by atoms with E-state index in [9.17, 15) is 28.6 Å². The van der Waals surface area contributed by atoms with Crippen LogP contribution in [0.15, 0.2) is 47.4 Å². The fourth-order valence-electron chi connectivity index (χ4n) is 4.26. The van der Waals surface area contributed by atoms with E-state index in [1.165, 1.54) is 0 Å². The summed E-state index contributed by atoms with van der Waals surface area (Å²) in [5, 5.41) is 20.2. The van der Waals surface area contributed by atoms with Gasteiger partial charge in [0.1, 0.15) is 23.5 Å². The third kappa shape index (κ3) is 4.63. The van der Waals surface area contributed by atoms with Crippen molar-refractivity contribution < 1.29 is 27.6 Å². The van der Waals surface area contributed by atoms with Crippen molar-refractivity contribution in [3.05, 3.63) is 63.7 Å². The number of nitro benzene ring substituents is 1. The molecule has 0 saturated carbocycles. The second-order valence-corrected chi connectivity index (χ2v) is 11.7. The van der Waals surface area contributed by atoms with Gasteiger partial charge >= 0.3 is 5.97 Å². The average molecular weight is 564 g/mol. The van der Waals surface area contributed by atoms with E-state index in [2.05, 4.69) is 22.0 Å². The number of benzene rings is 2. The largest absolute Gasteiger partial charge is 0.486 e. The standard InChI is InChI=1S/C23H22BrN3O7S/c1-23(2)21(24)20(17-12-14(13-25)5-10-19(17)34-23)33-22(28)18-4-3-11-26(18)35(31,32)16-8-6-15(7-9-16)27(29)30/h5-10,12,18,20-21H,3-4,11H2,1-2H3/t18-,20?,21?/m1/s1. The van der Waals surface area contributed by atoms with Crippen LogP contribution in [0.2, 0.25) is 0 Å². The summed E-state index contributed by atoms with van der Waals surface area (Å²) >= 11 is 3.57. The minimum Gasteiger partial charge on any atom is -0.486 e. The molecule has 2 unspecified atom stereocenters. The lowest BCUT2D eigenvalue weighted by Gasteiger charge is -2.42. The minimum atomic E-state index is -4.09. The van der Waals surface area contributed by atoms with Gasteiger partial charge in [-0.15, -0.1) is 0 Å². The van der Waals surface area contributed by atoms with Gasteiger partial charge in [0.2, 0.25) is 10.0 Å². The first-order valence-electron chi connectivity index (χ1n) is 10.8. The van der Waals surface area contributed by atoms with E-state index >= 15 is 0 Å². The van der Waals surface area contributed by atoms with Crippen molar-refractivity contribution >= 4 is 37.6 Å². The highest BCUT2D eigenvalue weighted by Gasteiger charge is 2.47. The Labute approximate surface area is 210 Å². The molecule has 35 heavy (non-hydrogen) atoms. The SMILES string of the molecule is CC1(C)Oc2ccc(C#N)cc2C(OC(=O)[C@H]2CCCN2S(=O)(=O)c2ccc([N+](=O)[O-])cc2)C1Br. The van der Waals surface area contributed by atoms with Gasteiger partial charge in [0.25, 0.3) is 5.69 Å². The Balaban J connectivity index is 1.62. The van der Waals surface area contributed by atoms with E-state index in [-0.39, 0.29) is 23.5 Å². The number of nitrogens with zero attached hydrogens (tertiary/aromatic N) is 3. The summed E-state index contributed by atoms with van der Waals surface area (Å²) in [5.41, 5.74) is -0.105. The molecule has 184 valence electrons. The molecule has 0 bridgehead atoms. The molecule has 2 aliphatic rings. The number of halogens is 1. The van der Waals surface area contributed by atoms with Crippen LogP contribution in [-0.4, -0.2) is 46.6 Å². The summed E-state index contributed by atoms with van der Waals surface area (Å²) in [5.74, 6) is -0.238. The number of alkyl halides is 1. The summed E-state index contributed by atoms with van der Waals surface area (Å²) in [7, 11) is -4.09. The molecule has 2 aliphatic heterocycles. The van der Waals surface area contributed by atoms with Crippen LogP contribution in [0, 0.1) is 21.4 Å². The van der Waals surface area contributed by atoms with Crippen molar-refractivity contribution in [3.63, 3.8) is 0 Å². The molecule has 0 aliphatic carbocycles. The number of hydrogen-bond acceptors (Lipinski definition) is 8. The van der Waals surface area contributed by atoms with Gasteiger partial charge in [-0.3, -0.25) is 14.9 Å². The smallest absolute Gasteiger partial charge is 0.325 e. The van der Waals surface area contributed by atoms with Crippen LogP contribution in [0.1, 0.15) is 43.9 Å². The molecule has 1 fully saturated rings. The molecule has 0 amide bonds. The summed E-state index contributed by atoms with van der Waals surface area (Å²) in [4.78, 5) is 23.0. The number of sulfonamides is 1. The first kappa shape index (κ1) is 25.1. The zero-order valence-electron chi connectivity index (χ0n) is 18.9. The minimum absolute atomic E-state index is 0.116. The summed E-state index contributed by atoms with van der Waals surface area (Å²) in [6, 6.07) is 10.4. The highest BCUT2D eigenvalue weighted by molar-refractivity contribution is 9.09. The lowest BCUT2D eigenvalue weighted by molar-refractivity contribution is -0.384. The number of carbonyl (C=O) groups is 1. The number of nitro groups is 1. The second kappa shape index (κ2) is 9.22. The maximum absolute atomic E-state index is 13.3. The van der Waals surface area contributed by atoms with Crippen LogP contribution in [0.25, 0.3) is 0 Å². The molecular formula is C23H22BrN3O7S. The maximum Gasteiger partial charge on any atom is 0.325 e. The van der Waals surface area contributed by atoms with Crippen molar-refractivity contribution in [1.82, 2.24) is 4.31 Å². The van der Waals surface area contributed by atoms with Gasteiger partial charge < -0.3 is 9.47 Å². The molecule has 0 N–H and O–H groups in total. The molecular weight excluding hydrogens is 542 g/mol. The zero-order valence-corrected chi connectivity index (χ0v) is 21.3. The van der Waals surface area contributed by atoms with Gasteiger partial charge in [-0.05, 0) is 57.0 Å². The Morgan fingerprint density at radius 2 is 1.97 bits per heavy atom. The summed E-state index contributed by atoms with van der Waals surface area (Å²) in [6.45, 7) is 3.77. The van der Waals surface area contributed by atoms with Crippen molar-refractivity contribution in [1.29, 1.82) is 5.26 Å². The van der Waals surface area contributed by atoms with Gasteiger partial charge in [-0.2, -0.15) is 9.57 Å². The number of non-ortho nitro benzene ring substituents is 1. The third-order valence-corrected chi connectivity index (χ3v) is 9.63. The van der Waals surface area contributed by atoms with E-state index in [4.69, 9.17) is 9.47 Å². The monoisotopic (exact) mass is 563 g/mol. The van der Waals surface area contributed by atoms with Gasteiger partial charge in [-0.25, -0.2) is 8.42 Å². The molecule has 2 aromatic rings. The van der Waals surface area contributed by atoms with Crippen LogP contribution in [0.5, 0.6) is 5.75 Å². The summed E-state index contributed by atoms with van der Waals surface area (Å²) < 4.78 is 39.5. The van der Waals surface area contributed by atoms with Crippen LogP contribution in [0.3, 0.4) is 0 Å². The summed E-state index contributed by atoms with van der Waals surface area (Å²) in [6.07, 6.45) is -0.0903. The Morgan fingerprint density at radius 3 is 2.60 bits per heavy atom. The van der Waals surface area contributed by atoms with Crippen LogP contribution < -0.4 is 4.74 Å². The number of ether oxygens (including phenoxy) is 2. The molecule has 0 spiro atoms. The molecule has 0 radical (unpaired) electrons. The van der Waals surface area contributed by atoms with Gasteiger partial charge in [0.05, 0.1) is 26.3 Å². The topological polar surface area (TPSA) is 140 Å². The first-order valence-corrected chi connectivity index (χ1v) is 13.1. The van der Waals surface area contributed by atoms with Crippen molar-refractivity contribution in [3.8, 4) is 11.8 Å². The van der Waals surface area contributed by atoms with E-state index in [0.29, 0.717) is 23.3 Å². The Bertz CT molecular complexity index is 1320. The Kier molecular flexibility index (Phi) is 6.61. The van der Waals surface area contributed by atoms with E-state index < -0.39 is 43.5 Å². The molecule has 10 nitrogen and oxygen atoms in total. The molecule has 0 aromatic heterocycles. The van der Waals surface area contributed by atoms with E-state index in [0.717, 1.165) is 28.6 Å². The van der Waals surface area contributed by atoms with Crippen LogP contribution >= 0.6 is 15.9 Å². The average Bonchev–Trinajstić information content (AvgIpc) is 3.33. The van der Waals surface area contributed by atoms with Gasteiger partial charge in [0, 0.05) is 24.2 Å². The molecule has 4 rings (SSSR count). The van der Waals surface area contributed by atoms with Gasteiger partial charge in [-0.1, -0.05) is 15.9 Å². The molecule has 1 saturated heterocycles. The van der Waals surface area contributed by atoms with Crippen LogP contribution in [-0.2, 0) is 19.6 Å². The number of esters is 1. The number of hydrogen-bond donors (Lipinski definition) is 0. The van der Waals surface area contributed by atoms with Gasteiger partial charge in [0.15, 0.2) is 0 Å². The molecule has 12 heteroatoms. The number of nitriles is 1. The van der Waals surface area contributed by atoms with Crippen molar-refractivity contribution in [2.24, 2.45) is 0 Å². The molecule has 3 atom stereocenters. The highest BCUT2D eigenvalue weighted by atomic mass is 79.9. The lowest BCUT2D eigenvalue weighted by Crippen LogP contribution is -2.48. The number of carbonyl (C=O) groups excluding carboxylic acids is 1. The fourth-order valence-corrected chi connectivity index (χ4v) is 6.39. The fraction of sp³-hybridized carbons (Fsp3) is 0.391. The normalized spacial score (nSPS) is 23.5. The Morgan fingerprint density at radius 1 is 1.29 bits per heavy atom. The number of rotatable bonds is 5. The lowest BCUT2D eigenvalue weighted by atomic mass is 9.90. The Hall–Kier alpha value is -3.01. The first-order chi connectivity index (χ1) is 16.5. The molecule has 2 aromatic carbocycles. The van der Waals surface area contributed by atoms with E-state index in [1.54, 1.807) is 18.2 Å². The zero-order chi connectivity index (χ0) is 25.5.